The zero-order valence-corrected chi connectivity index (χ0v) is 15.1. The van der Waals surface area contributed by atoms with E-state index in [9.17, 15) is 4.79 Å². The standard InChI is InChI=1S/C18H24N4O.ClH/c1-12(2)22-17(20-18(23)13(3)15-10-19-11-15)9-16(21-22)14-7-5-4-6-8-14;/h4-9,12-13,15,19H,10-11H2,1-3H3,(H,20,23);1H. The third-order valence-electron chi connectivity index (χ3n) is 4.48. The molecule has 130 valence electrons. The SMILES string of the molecule is CC(C(=O)Nc1cc(-c2ccccc2)nn1C(C)C)C1CNC1.Cl. The van der Waals surface area contributed by atoms with Crippen LogP contribution in [0.25, 0.3) is 11.3 Å². The van der Waals surface area contributed by atoms with Crippen molar-refractivity contribution in [2.24, 2.45) is 11.8 Å². The number of hydrogen-bond acceptors (Lipinski definition) is 3. The van der Waals surface area contributed by atoms with Crippen molar-refractivity contribution in [1.82, 2.24) is 15.1 Å². The number of carbonyl (C=O) groups is 1. The zero-order valence-electron chi connectivity index (χ0n) is 14.3. The lowest BCUT2D eigenvalue weighted by Gasteiger charge is -2.31. The first-order chi connectivity index (χ1) is 11.1. The minimum Gasteiger partial charge on any atom is -0.316 e. The molecule has 0 bridgehead atoms. The summed E-state index contributed by atoms with van der Waals surface area (Å²) in [5, 5.41) is 10.9. The van der Waals surface area contributed by atoms with Crippen LogP contribution in [-0.2, 0) is 4.79 Å². The molecule has 1 unspecified atom stereocenters. The lowest BCUT2D eigenvalue weighted by Crippen LogP contribution is -2.48. The van der Waals surface area contributed by atoms with Gasteiger partial charge in [0.05, 0.1) is 5.69 Å². The number of nitrogens with zero attached hydrogens (tertiary/aromatic N) is 2. The van der Waals surface area contributed by atoms with Crippen LogP contribution in [-0.4, -0.2) is 28.8 Å². The van der Waals surface area contributed by atoms with Gasteiger partial charge in [-0.25, -0.2) is 4.68 Å². The molecule has 1 aromatic carbocycles. The highest BCUT2D eigenvalue weighted by Crippen LogP contribution is 2.25. The Balaban J connectivity index is 0.00000208. The van der Waals surface area contributed by atoms with Crippen molar-refractivity contribution in [3.05, 3.63) is 36.4 Å². The summed E-state index contributed by atoms with van der Waals surface area (Å²) in [5.41, 5.74) is 1.94. The second-order valence-corrected chi connectivity index (χ2v) is 6.52. The van der Waals surface area contributed by atoms with E-state index in [0.717, 1.165) is 30.2 Å². The number of anilines is 1. The van der Waals surface area contributed by atoms with Crippen LogP contribution in [0.2, 0.25) is 0 Å². The summed E-state index contributed by atoms with van der Waals surface area (Å²) < 4.78 is 1.88. The van der Waals surface area contributed by atoms with Gasteiger partial charge < -0.3 is 10.6 Å². The third kappa shape index (κ3) is 3.79. The first-order valence-corrected chi connectivity index (χ1v) is 8.23. The van der Waals surface area contributed by atoms with Crippen LogP contribution < -0.4 is 10.6 Å². The quantitative estimate of drug-likeness (QED) is 0.871. The van der Waals surface area contributed by atoms with E-state index in [-0.39, 0.29) is 30.3 Å². The minimum absolute atomic E-state index is 0. The number of hydrogen-bond donors (Lipinski definition) is 2. The van der Waals surface area contributed by atoms with Crippen molar-refractivity contribution in [2.75, 3.05) is 18.4 Å². The molecule has 0 radical (unpaired) electrons. The Hall–Kier alpha value is -1.85. The first kappa shape index (κ1) is 18.5. The zero-order chi connectivity index (χ0) is 16.4. The molecule has 5 nitrogen and oxygen atoms in total. The Bertz CT molecular complexity index is 680. The Kier molecular flexibility index (Phi) is 6.02. The fourth-order valence-corrected chi connectivity index (χ4v) is 2.75. The van der Waals surface area contributed by atoms with Crippen molar-refractivity contribution in [1.29, 1.82) is 0 Å². The third-order valence-corrected chi connectivity index (χ3v) is 4.48. The summed E-state index contributed by atoms with van der Waals surface area (Å²) in [5.74, 6) is 1.27. The normalized spacial score (nSPS) is 15.5. The van der Waals surface area contributed by atoms with E-state index in [1.165, 1.54) is 0 Å². The molecule has 1 atom stereocenters. The Morgan fingerprint density at radius 2 is 1.92 bits per heavy atom. The number of halogens is 1. The van der Waals surface area contributed by atoms with Gasteiger partial charge >= 0.3 is 0 Å². The van der Waals surface area contributed by atoms with Crippen LogP contribution in [0.1, 0.15) is 26.8 Å². The number of nitrogens with one attached hydrogen (secondary N) is 2. The van der Waals surface area contributed by atoms with E-state index in [2.05, 4.69) is 29.6 Å². The summed E-state index contributed by atoms with van der Waals surface area (Å²) in [6.45, 7) is 7.98. The molecular weight excluding hydrogens is 324 g/mol. The number of amides is 1. The van der Waals surface area contributed by atoms with Crippen LogP contribution in [0.5, 0.6) is 0 Å². The molecule has 0 saturated carbocycles. The van der Waals surface area contributed by atoms with E-state index >= 15 is 0 Å². The van der Waals surface area contributed by atoms with Gasteiger partial charge in [-0.05, 0) is 32.9 Å². The second kappa shape index (κ2) is 7.81. The Morgan fingerprint density at radius 1 is 1.25 bits per heavy atom. The summed E-state index contributed by atoms with van der Waals surface area (Å²) in [6.07, 6.45) is 0. The molecule has 1 amide bonds. The minimum atomic E-state index is 0. The molecule has 1 fully saturated rings. The number of aromatic nitrogens is 2. The highest BCUT2D eigenvalue weighted by Gasteiger charge is 2.29. The van der Waals surface area contributed by atoms with Crippen molar-refractivity contribution in [3.63, 3.8) is 0 Å². The van der Waals surface area contributed by atoms with Crippen LogP contribution in [0.4, 0.5) is 5.82 Å². The molecule has 2 heterocycles. The van der Waals surface area contributed by atoms with Crippen LogP contribution in [0, 0.1) is 11.8 Å². The van der Waals surface area contributed by atoms with Gasteiger partial charge in [-0.1, -0.05) is 37.3 Å². The molecule has 0 spiro atoms. The molecule has 1 aliphatic heterocycles. The van der Waals surface area contributed by atoms with Crippen LogP contribution in [0.15, 0.2) is 36.4 Å². The van der Waals surface area contributed by atoms with Crippen LogP contribution in [0.3, 0.4) is 0 Å². The Labute approximate surface area is 149 Å². The predicted octanol–water partition coefficient (Wildman–Crippen LogP) is 3.35. The summed E-state index contributed by atoms with van der Waals surface area (Å²) >= 11 is 0. The lowest BCUT2D eigenvalue weighted by molar-refractivity contribution is -0.121. The molecule has 1 saturated heterocycles. The van der Waals surface area contributed by atoms with E-state index in [1.807, 2.05) is 48.0 Å². The molecule has 0 aliphatic carbocycles. The Morgan fingerprint density at radius 3 is 2.46 bits per heavy atom. The van der Waals surface area contributed by atoms with Gasteiger partial charge in [0, 0.05) is 23.6 Å². The van der Waals surface area contributed by atoms with E-state index in [1.54, 1.807) is 0 Å². The van der Waals surface area contributed by atoms with E-state index < -0.39 is 0 Å². The average Bonchev–Trinajstić information content (AvgIpc) is 2.90. The van der Waals surface area contributed by atoms with Crippen molar-refractivity contribution in [2.45, 2.75) is 26.8 Å². The molecule has 1 aromatic heterocycles. The molecule has 24 heavy (non-hydrogen) atoms. The molecule has 3 rings (SSSR count). The molecular formula is C18H25ClN4O. The fraction of sp³-hybridized carbons (Fsp3) is 0.444. The van der Waals surface area contributed by atoms with Crippen molar-refractivity contribution >= 4 is 24.1 Å². The second-order valence-electron chi connectivity index (χ2n) is 6.52. The summed E-state index contributed by atoms with van der Waals surface area (Å²) in [7, 11) is 0. The highest BCUT2D eigenvalue weighted by atomic mass is 35.5. The van der Waals surface area contributed by atoms with Gasteiger partial charge in [-0.15, -0.1) is 12.4 Å². The van der Waals surface area contributed by atoms with Crippen LogP contribution >= 0.6 is 12.4 Å². The molecule has 2 N–H and O–H groups in total. The maximum absolute atomic E-state index is 12.5. The van der Waals surface area contributed by atoms with Gasteiger partial charge in [0.15, 0.2) is 0 Å². The largest absolute Gasteiger partial charge is 0.316 e. The summed E-state index contributed by atoms with van der Waals surface area (Å²) in [4.78, 5) is 12.5. The maximum atomic E-state index is 12.5. The van der Waals surface area contributed by atoms with Gasteiger partial charge in [-0.3, -0.25) is 4.79 Å². The monoisotopic (exact) mass is 348 g/mol. The van der Waals surface area contributed by atoms with Crippen molar-refractivity contribution < 1.29 is 4.79 Å². The molecule has 1 aliphatic rings. The van der Waals surface area contributed by atoms with Gasteiger partial charge in [0.2, 0.25) is 5.91 Å². The van der Waals surface area contributed by atoms with Gasteiger partial charge in [-0.2, -0.15) is 5.10 Å². The maximum Gasteiger partial charge on any atom is 0.228 e. The van der Waals surface area contributed by atoms with E-state index in [0.29, 0.717) is 5.92 Å². The van der Waals surface area contributed by atoms with E-state index in [4.69, 9.17) is 0 Å². The highest BCUT2D eigenvalue weighted by molar-refractivity contribution is 5.92. The van der Waals surface area contributed by atoms with Crippen molar-refractivity contribution in [3.8, 4) is 11.3 Å². The fourth-order valence-electron chi connectivity index (χ4n) is 2.75. The lowest BCUT2D eigenvalue weighted by atomic mass is 9.88. The van der Waals surface area contributed by atoms with Gasteiger partial charge in [0.25, 0.3) is 0 Å². The topological polar surface area (TPSA) is 59.0 Å². The number of carbonyl (C=O) groups excluding carboxylic acids is 1. The number of benzene rings is 1. The molecule has 6 heteroatoms. The first-order valence-electron chi connectivity index (χ1n) is 8.23. The summed E-state index contributed by atoms with van der Waals surface area (Å²) in [6, 6.07) is 12.2. The smallest absolute Gasteiger partial charge is 0.228 e. The van der Waals surface area contributed by atoms with Gasteiger partial charge in [0.1, 0.15) is 5.82 Å². The predicted molar refractivity (Wildman–Crippen MR) is 99.4 cm³/mol. The molecule has 2 aromatic rings. The number of rotatable bonds is 5. The average molecular weight is 349 g/mol.